The van der Waals surface area contributed by atoms with E-state index in [0.29, 0.717) is 19.0 Å². The molecule has 2 atom stereocenters. The minimum Gasteiger partial charge on any atom is -0.480 e. The molecule has 0 aromatic carbocycles. The van der Waals surface area contributed by atoms with E-state index >= 15 is 0 Å². The molecule has 2 amide bonds. The Hall–Kier alpha value is -1.30. The Balaban J connectivity index is 1.66. The fourth-order valence-electron chi connectivity index (χ4n) is 3.76. The average molecular weight is 281 g/mol. The molecule has 3 aliphatic heterocycles. The van der Waals surface area contributed by atoms with Gasteiger partial charge in [0.15, 0.2) is 0 Å². The summed E-state index contributed by atoms with van der Waals surface area (Å²) < 4.78 is 0. The van der Waals surface area contributed by atoms with Gasteiger partial charge in [-0.3, -0.25) is 4.90 Å². The van der Waals surface area contributed by atoms with Gasteiger partial charge in [0.25, 0.3) is 0 Å². The van der Waals surface area contributed by atoms with Crippen molar-refractivity contribution in [3.63, 3.8) is 0 Å². The Bertz CT molecular complexity index is 401. The first-order valence-corrected chi connectivity index (χ1v) is 7.69. The van der Waals surface area contributed by atoms with Crippen molar-refractivity contribution in [2.24, 2.45) is 0 Å². The van der Waals surface area contributed by atoms with Crippen LogP contribution in [0, 0.1) is 0 Å². The van der Waals surface area contributed by atoms with Crippen LogP contribution in [0.25, 0.3) is 0 Å². The topological polar surface area (TPSA) is 64.1 Å². The van der Waals surface area contributed by atoms with Crippen molar-refractivity contribution in [3.05, 3.63) is 0 Å². The number of aliphatic carboxylic acids is 1. The van der Waals surface area contributed by atoms with Gasteiger partial charge in [0.1, 0.15) is 6.04 Å². The molecule has 3 saturated heterocycles. The van der Waals surface area contributed by atoms with Gasteiger partial charge in [-0.05, 0) is 38.6 Å². The van der Waals surface area contributed by atoms with Crippen LogP contribution in [0.3, 0.4) is 0 Å². The number of likely N-dealkylation sites (tertiary alicyclic amines) is 1. The van der Waals surface area contributed by atoms with Gasteiger partial charge < -0.3 is 14.9 Å². The number of rotatable bonds is 1. The molecule has 0 aromatic rings. The summed E-state index contributed by atoms with van der Waals surface area (Å²) >= 11 is 0. The lowest BCUT2D eigenvalue weighted by Crippen LogP contribution is -2.58. The molecule has 3 heterocycles. The molecule has 0 radical (unpaired) electrons. The largest absolute Gasteiger partial charge is 0.480 e. The van der Waals surface area contributed by atoms with E-state index in [1.54, 1.807) is 4.90 Å². The Labute approximate surface area is 119 Å². The molecule has 3 rings (SSSR count). The van der Waals surface area contributed by atoms with Gasteiger partial charge >= 0.3 is 12.0 Å². The molecule has 112 valence electrons. The third-order valence-corrected chi connectivity index (χ3v) is 4.89. The fraction of sp³-hybridized carbons (Fsp3) is 0.857. The van der Waals surface area contributed by atoms with Gasteiger partial charge in [0.05, 0.1) is 0 Å². The maximum absolute atomic E-state index is 12.6. The zero-order chi connectivity index (χ0) is 14.1. The number of piperidine rings is 1. The highest BCUT2D eigenvalue weighted by Crippen LogP contribution is 2.24. The van der Waals surface area contributed by atoms with E-state index in [2.05, 4.69) is 4.90 Å². The summed E-state index contributed by atoms with van der Waals surface area (Å²) in [5.74, 6) is -0.863. The van der Waals surface area contributed by atoms with Crippen molar-refractivity contribution < 1.29 is 14.7 Å². The van der Waals surface area contributed by atoms with Gasteiger partial charge in [-0.25, -0.2) is 9.59 Å². The minimum atomic E-state index is -0.863. The molecular weight excluding hydrogens is 258 g/mol. The van der Waals surface area contributed by atoms with Crippen LogP contribution in [-0.2, 0) is 4.79 Å². The Morgan fingerprint density at radius 1 is 0.950 bits per heavy atom. The standard InChI is InChI=1S/C14H23N3O3/c18-13(19)12-5-1-2-7-17(12)14(20)16-9-8-15-6-3-4-11(15)10-16/h11-12H,1-10H2,(H,18,19). The van der Waals surface area contributed by atoms with Crippen molar-refractivity contribution in [2.45, 2.75) is 44.2 Å². The van der Waals surface area contributed by atoms with E-state index < -0.39 is 12.0 Å². The van der Waals surface area contributed by atoms with E-state index in [1.807, 2.05) is 4.90 Å². The normalized spacial score (nSPS) is 31.2. The van der Waals surface area contributed by atoms with Crippen LogP contribution in [0.1, 0.15) is 32.1 Å². The Morgan fingerprint density at radius 2 is 1.80 bits per heavy atom. The van der Waals surface area contributed by atoms with Crippen molar-refractivity contribution in [3.8, 4) is 0 Å². The highest BCUT2D eigenvalue weighted by atomic mass is 16.4. The molecule has 1 N–H and O–H groups in total. The van der Waals surface area contributed by atoms with Gasteiger partial charge in [-0.1, -0.05) is 0 Å². The highest BCUT2D eigenvalue weighted by Gasteiger charge is 2.38. The second-order valence-electron chi connectivity index (χ2n) is 6.10. The Kier molecular flexibility index (Phi) is 3.83. The molecule has 0 aromatic heterocycles. The van der Waals surface area contributed by atoms with Gasteiger partial charge in [-0.15, -0.1) is 0 Å². The molecule has 3 aliphatic rings. The molecular formula is C14H23N3O3. The zero-order valence-corrected chi connectivity index (χ0v) is 11.8. The number of nitrogens with zero attached hydrogens (tertiary/aromatic N) is 3. The SMILES string of the molecule is O=C(O)C1CCCCN1C(=O)N1CCN2CCCC2C1. The number of fused-ring (bicyclic) bond motifs is 1. The van der Waals surface area contributed by atoms with Crippen LogP contribution < -0.4 is 0 Å². The summed E-state index contributed by atoms with van der Waals surface area (Å²) in [6, 6.07) is -0.206. The molecule has 0 saturated carbocycles. The molecule has 2 unspecified atom stereocenters. The number of piperazine rings is 1. The predicted octanol–water partition coefficient (Wildman–Crippen LogP) is 0.825. The number of urea groups is 1. The number of amides is 2. The third kappa shape index (κ3) is 2.49. The summed E-state index contributed by atoms with van der Waals surface area (Å²) in [6.45, 7) is 4.16. The van der Waals surface area contributed by atoms with Crippen molar-refractivity contribution >= 4 is 12.0 Å². The second-order valence-corrected chi connectivity index (χ2v) is 6.10. The summed E-state index contributed by atoms with van der Waals surface area (Å²) in [5.41, 5.74) is 0. The van der Waals surface area contributed by atoms with Crippen LogP contribution >= 0.6 is 0 Å². The minimum absolute atomic E-state index is 0.0661. The van der Waals surface area contributed by atoms with Crippen molar-refractivity contribution in [2.75, 3.05) is 32.7 Å². The van der Waals surface area contributed by atoms with Crippen LogP contribution in [-0.4, -0.2) is 76.6 Å². The highest BCUT2D eigenvalue weighted by molar-refractivity contribution is 5.83. The van der Waals surface area contributed by atoms with E-state index in [9.17, 15) is 14.7 Å². The molecule has 0 spiro atoms. The van der Waals surface area contributed by atoms with Gasteiger partial charge in [0.2, 0.25) is 0 Å². The molecule has 6 nitrogen and oxygen atoms in total. The quantitative estimate of drug-likeness (QED) is 0.773. The number of carbonyl (C=O) groups is 2. The average Bonchev–Trinajstić information content (AvgIpc) is 2.93. The predicted molar refractivity (Wildman–Crippen MR) is 73.5 cm³/mol. The lowest BCUT2D eigenvalue weighted by atomic mass is 10.0. The maximum Gasteiger partial charge on any atom is 0.326 e. The van der Waals surface area contributed by atoms with Crippen molar-refractivity contribution in [1.29, 1.82) is 0 Å². The second kappa shape index (κ2) is 5.60. The monoisotopic (exact) mass is 281 g/mol. The number of hydrogen-bond donors (Lipinski definition) is 1. The first kappa shape index (κ1) is 13.7. The van der Waals surface area contributed by atoms with Crippen LogP contribution in [0.2, 0.25) is 0 Å². The Morgan fingerprint density at radius 3 is 2.60 bits per heavy atom. The van der Waals surface area contributed by atoms with Crippen molar-refractivity contribution in [1.82, 2.24) is 14.7 Å². The van der Waals surface area contributed by atoms with Crippen LogP contribution in [0.5, 0.6) is 0 Å². The summed E-state index contributed by atoms with van der Waals surface area (Å²) in [7, 11) is 0. The van der Waals surface area contributed by atoms with Gasteiger partial charge in [0, 0.05) is 32.2 Å². The third-order valence-electron chi connectivity index (χ3n) is 4.89. The lowest BCUT2D eigenvalue weighted by Gasteiger charge is -2.42. The number of carbonyl (C=O) groups excluding carboxylic acids is 1. The number of hydrogen-bond acceptors (Lipinski definition) is 3. The first-order chi connectivity index (χ1) is 9.66. The molecule has 20 heavy (non-hydrogen) atoms. The maximum atomic E-state index is 12.6. The van der Waals surface area contributed by atoms with E-state index in [0.717, 1.165) is 45.4 Å². The molecule has 6 heteroatoms. The van der Waals surface area contributed by atoms with Gasteiger partial charge in [-0.2, -0.15) is 0 Å². The lowest BCUT2D eigenvalue weighted by molar-refractivity contribution is -0.143. The molecule has 3 fully saturated rings. The van der Waals surface area contributed by atoms with E-state index in [-0.39, 0.29) is 6.03 Å². The summed E-state index contributed by atoms with van der Waals surface area (Å²) in [6.07, 6.45) is 4.78. The van der Waals surface area contributed by atoms with Crippen LogP contribution in [0.15, 0.2) is 0 Å². The number of carboxylic acids is 1. The zero-order valence-electron chi connectivity index (χ0n) is 11.8. The van der Waals surface area contributed by atoms with E-state index in [1.165, 1.54) is 6.42 Å². The molecule has 0 aliphatic carbocycles. The summed E-state index contributed by atoms with van der Waals surface area (Å²) in [5, 5.41) is 9.29. The molecule has 0 bridgehead atoms. The summed E-state index contributed by atoms with van der Waals surface area (Å²) in [4.78, 5) is 29.8. The smallest absolute Gasteiger partial charge is 0.326 e. The van der Waals surface area contributed by atoms with E-state index in [4.69, 9.17) is 0 Å². The van der Waals surface area contributed by atoms with Crippen LogP contribution in [0.4, 0.5) is 4.79 Å². The first-order valence-electron chi connectivity index (χ1n) is 7.69. The fourth-order valence-corrected chi connectivity index (χ4v) is 3.76. The number of carboxylic acid groups (broad SMARTS) is 1.